The third-order valence-electron chi connectivity index (χ3n) is 5.72. The Morgan fingerprint density at radius 2 is 1.81 bits per heavy atom. The molecular weight excluding hydrogens is 398 g/mol. The molecule has 31 heavy (non-hydrogen) atoms. The van der Waals surface area contributed by atoms with E-state index in [1.807, 2.05) is 19.1 Å². The minimum Gasteiger partial charge on any atom is -0.493 e. The summed E-state index contributed by atoms with van der Waals surface area (Å²) in [6.07, 6.45) is 1.14. The summed E-state index contributed by atoms with van der Waals surface area (Å²) >= 11 is 0. The lowest BCUT2D eigenvalue weighted by Crippen LogP contribution is -2.38. The van der Waals surface area contributed by atoms with E-state index in [9.17, 15) is 9.59 Å². The average molecular weight is 430 g/mol. The van der Waals surface area contributed by atoms with Gasteiger partial charge in [0.05, 0.1) is 26.4 Å². The Labute approximate surface area is 183 Å². The van der Waals surface area contributed by atoms with Gasteiger partial charge in [0, 0.05) is 36.4 Å². The summed E-state index contributed by atoms with van der Waals surface area (Å²) in [4.78, 5) is 26.4. The molecule has 7 heteroatoms. The molecule has 3 rings (SSSR count). The normalized spacial score (nSPS) is 20.2. The molecule has 0 bridgehead atoms. The smallest absolute Gasteiger partial charge is 0.336 e. The van der Waals surface area contributed by atoms with Crippen LogP contribution in [0.25, 0.3) is 0 Å². The summed E-state index contributed by atoms with van der Waals surface area (Å²) in [5, 5.41) is 3.33. The summed E-state index contributed by atoms with van der Waals surface area (Å²) in [6, 6.07) is 5.48. The number of esters is 1. The van der Waals surface area contributed by atoms with E-state index in [2.05, 4.69) is 19.2 Å². The van der Waals surface area contributed by atoms with Gasteiger partial charge in [0.25, 0.3) is 0 Å². The zero-order chi connectivity index (χ0) is 22.8. The standard InChI is InChI=1S/C24H31NO6/c1-14-20(23(27)31-10-9-28-4)21(15-7-8-18(29-5)19(11-15)30-6)22-16(25-14)12-24(2,3)13-17(22)26/h7-8,11,21,25H,9-10,12-13H2,1-6H3. The molecule has 1 unspecified atom stereocenters. The second kappa shape index (κ2) is 9.14. The number of Topliss-reactive ketones (excluding diaryl/α,β-unsaturated/α-hetero) is 1. The summed E-state index contributed by atoms with van der Waals surface area (Å²) in [6.45, 7) is 6.44. The largest absolute Gasteiger partial charge is 0.493 e. The van der Waals surface area contributed by atoms with Gasteiger partial charge in [-0.15, -0.1) is 0 Å². The van der Waals surface area contributed by atoms with Gasteiger partial charge in [-0.05, 0) is 36.5 Å². The van der Waals surface area contributed by atoms with Crippen molar-refractivity contribution >= 4 is 11.8 Å². The third-order valence-corrected chi connectivity index (χ3v) is 5.72. The third kappa shape index (κ3) is 4.61. The number of hydrogen-bond acceptors (Lipinski definition) is 7. The van der Waals surface area contributed by atoms with E-state index in [0.717, 1.165) is 17.7 Å². The van der Waals surface area contributed by atoms with Gasteiger partial charge in [0.1, 0.15) is 6.61 Å². The van der Waals surface area contributed by atoms with E-state index in [-0.39, 0.29) is 17.8 Å². The van der Waals surface area contributed by atoms with Crippen molar-refractivity contribution in [3.05, 3.63) is 46.3 Å². The molecule has 1 N–H and O–H groups in total. The van der Waals surface area contributed by atoms with E-state index in [4.69, 9.17) is 18.9 Å². The number of methoxy groups -OCH3 is 3. The minimum atomic E-state index is -0.547. The number of ketones is 1. The first kappa shape index (κ1) is 22.9. The van der Waals surface area contributed by atoms with Crippen LogP contribution in [0.4, 0.5) is 0 Å². The maximum absolute atomic E-state index is 13.3. The zero-order valence-electron chi connectivity index (χ0n) is 19.1. The summed E-state index contributed by atoms with van der Waals surface area (Å²) in [7, 11) is 4.68. The van der Waals surface area contributed by atoms with Crippen LogP contribution < -0.4 is 14.8 Å². The van der Waals surface area contributed by atoms with E-state index in [1.54, 1.807) is 27.4 Å². The van der Waals surface area contributed by atoms with Crippen LogP contribution in [0.5, 0.6) is 11.5 Å². The molecule has 0 saturated carbocycles. The number of nitrogens with one attached hydrogen (secondary N) is 1. The lowest BCUT2D eigenvalue weighted by Gasteiger charge is -2.39. The van der Waals surface area contributed by atoms with Crippen molar-refractivity contribution in [2.24, 2.45) is 5.41 Å². The lowest BCUT2D eigenvalue weighted by atomic mass is 9.68. The van der Waals surface area contributed by atoms with E-state index >= 15 is 0 Å². The molecule has 1 aliphatic carbocycles. The van der Waals surface area contributed by atoms with Gasteiger partial charge in [0.2, 0.25) is 0 Å². The van der Waals surface area contributed by atoms with Gasteiger partial charge in [-0.3, -0.25) is 4.79 Å². The van der Waals surface area contributed by atoms with Crippen molar-refractivity contribution in [3.8, 4) is 11.5 Å². The first-order valence-corrected chi connectivity index (χ1v) is 10.3. The van der Waals surface area contributed by atoms with Crippen LogP contribution in [-0.4, -0.2) is 46.3 Å². The number of dihydropyridines is 1. The lowest BCUT2D eigenvalue weighted by molar-refractivity contribution is -0.140. The van der Waals surface area contributed by atoms with Crippen LogP contribution in [0, 0.1) is 5.41 Å². The molecule has 1 aliphatic heterocycles. The first-order chi connectivity index (χ1) is 14.7. The Morgan fingerprint density at radius 3 is 2.45 bits per heavy atom. The first-order valence-electron chi connectivity index (χ1n) is 10.3. The fraction of sp³-hybridized carbons (Fsp3) is 0.500. The van der Waals surface area contributed by atoms with E-state index < -0.39 is 11.9 Å². The zero-order valence-corrected chi connectivity index (χ0v) is 19.1. The fourth-order valence-electron chi connectivity index (χ4n) is 4.37. The van der Waals surface area contributed by atoms with Gasteiger partial charge in [-0.2, -0.15) is 0 Å². The van der Waals surface area contributed by atoms with Crippen LogP contribution in [0.2, 0.25) is 0 Å². The van der Waals surface area contributed by atoms with Crippen molar-refractivity contribution in [3.63, 3.8) is 0 Å². The number of hydrogen-bond donors (Lipinski definition) is 1. The van der Waals surface area contributed by atoms with Gasteiger partial charge in [-0.25, -0.2) is 4.79 Å². The topological polar surface area (TPSA) is 83.1 Å². The van der Waals surface area contributed by atoms with Crippen molar-refractivity contribution in [2.75, 3.05) is 34.5 Å². The number of benzene rings is 1. The molecule has 1 aromatic rings. The molecule has 0 aromatic heterocycles. The number of allylic oxidation sites excluding steroid dienone is 3. The highest BCUT2D eigenvalue weighted by Crippen LogP contribution is 2.47. The van der Waals surface area contributed by atoms with Crippen LogP contribution in [-0.2, 0) is 19.1 Å². The van der Waals surface area contributed by atoms with E-state index in [1.165, 1.54) is 0 Å². The molecule has 168 valence electrons. The van der Waals surface area contributed by atoms with Crippen LogP contribution >= 0.6 is 0 Å². The number of carbonyl (C=O) groups excluding carboxylic acids is 2. The van der Waals surface area contributed by atoms with Gasteiger partial charge in [0.15, 0.2) is 17.3 Å². The van der Waals surface area contributed by atoms with Crippen molar-refractivity contribution in [1.82, 2.24) is 5.32 Å². The fourth-order valence-corrected chi connectivity index (χ4v) is 4.37. The maximum Gasteiger partial charge on any atom is 0.336 e. The summed E-state index contributed by atoms with van der Waals surface area (Å²) in [5.74, 6) is 0.137. The molecule has 0 spiro atoms. The highest BCUT2D eigenvalue weighted by molar-refractivity contribution is 6.04. The Hall–Kier alpha value is -2.80. The molecule has 1 aromatic carbocycles. The molecule has 0 fully saturated rings. The quantitative estimate of drug-likeness (QED) is 0.525. The van der Waals surface area contributed by atoms with Crippen molar-refractivity contribution in [2.45, 2.75) is 39.5 Å². The highest BCUT2D eigenvalue weighted by Gasteiger charge is 2.43. The second-order valence-corrected chi connectivity index (χ2v) is 8.67. The summed E-state index contributed by atoms with van der Waals surface area (Å²) < 4.78 is 21.3. The van der Waals surface area contributed by atoms with Crippen molar-refractivity contribution in [1.29, 1.82) is 0 Å². The molecule has 0 radical (unpaired) electrons. The molecule has 0 amide bonds. The molecule has 0 saturated heterocycles. The van der Waals surface area contributed by atoms with Gasteiger partial charge < -0.3 is 24.3 Å². The summed E-state index contributed by atoms with van der Waals surface area (Å²) in [5.41, 5.74) is 3.23. The molecule has 1 heterocycles. The maximum atomic E-state index is 13.3. The van der Waals surface area contributed by atoms with Crippen molar-refractivity contribution < 1.29 is 28.5 Å². The molecule has 2 aliphatic rings. The van der Waals surface area contributed by atoms with E-state index in [0.29, 0.717) is 41.4 Å². The number of carbonyl (C=O) groups is 2. The van der Waals surface area contributed by atoms with Crippen LogP contribution in [0.1, 0.15) is 45.1 Å². The van der Waals surface area contributed by atoms with Gasteiger partial charge >= 0.3 is 5.97 Å². The minimum absolute atomic E-state index is 0.0354. The monoisotopic (exact) mass is 429 g/mol. The Balaban J connectivity index is 2.13. The molecular formula is C24H31NO6. The molecule has 1 atom stereocenters. The predicted octanol–water partition coefficient (Wildman–Crippen LogP) is 3.50. The predicted molar refractivity (Wildman–Crippen MR) is 116 cm³/mol. The Kier molecular flexibility index (Phi) is 6.74. The second-order valence-electron chi connectivity index (χ2n) is 8.67. The highest BCUT2D eigenvalue weighted by atomic mass is 16.6. The Morgan fingerprint density at radius 1 is 1.10 bits per heavy atom. The molecule has 7 nitrogen and oxygen atoms in total. The average Bonchev–Trinajstić information content (AvgIpc) is 2.71. The van der Waals surface area contributed by atoms with Crippen LogP contribution in [0.3, 0.4) is 0 Å². The number of ether oxygens (including phenoxy) is 4. The number of rotatable bonds is 7. The Bertz CT molecular complexity index is 943. The van der Waals surface area contributed by atoms with Crippen LogP contribution in [0.15, 0.2) is 40.7 Å². The van der Waals surface area contributed by atoms with Gasteiger partial charge in [-0.1, -0.05) is 19.9 Å². The SMILES string of the molecule is COCCOC(=O)C1=C(C)NC2=C(C(=O)CC(C)(C)C2)C1c1ccc(OC)c(OC)c1.